The van der Waals surface area contributed by atoms with Crippen LogP contribution in [0.2, 0.25) is 0 Å². The molecule has 4 aliphatic rings. The monoisotopic (exact) mass is 428 g/mol. The molecule has 3 fully saturated rings. The molecule has 4 aliphatic carbocycles. The zero-order chi connectivity index (χ0) is 22.6. The van der Waals surface area contributed by atoms with E-state index in [-0.39, 0.29) is 18.1 Å². The first-order valence-corrected chi connectivity index (χ1v) is 13.2. The molecule has 2 nitrogen and oxygen atoms in total. The average Bonchev–Trinajstić information content (AvgIpc) is 3.08. The molecule has 0 saturated heterocycles. The first-order chi connectivity index (χ1) is 14.6. The lowest BCUT2D eigenvalue weighted by Crippen LogP contribution is -2.54. The second-order valence-electron chi connectivity index (χ2n) is 12.9. The summed E-state index contributed by atoms with van der Waals surface area (Å²) in [6.45, 7) is 14.5. The molecule has 0 unspecified atom stereocenters. The third-order valence-corrected chi connectivity index (χ3v) is 11.1. The van der Waals surface area contributed by atoms with Gasteiger partial charge in [-0.25, -0.2) is 0 Å². The maximum Gasteiger partial charge on any atom is 0.0639 e. The molecule has 3 saturated carbocycles. The highest BCUT2D eigenvalue weighted by atomic mass is 16.3. The Kier molecular flexibility index (Phi) is 6.32. The lowest BCUT2D eigenvalue weighted by atomic mass is 9.44. The molecule has 0 radical (unpaired) electrons. The van der Waals surface area contributed by atoms with Crippen LogP contribution in [0.15, 0.2) is 23.3 Å². The zero-order valence-electron chi connectivity index (χ0n) is 21.1. The molecule has 2 heteroatoms. The molecule has 0 aliphatic heterocycles. The number of rotatable bonds is 5. The molecule has 0 bridgehead atoms. The third kappa shape index (κ3) is 3.68. The van der Waals surface area contributed by atoms with Crippen molar-refractivity contribution in [1.82, 2.24) is 0 Å². The van der Waals surface area contributed by atoms with Crippen molar-refractivity contribution in [2.45, 2.75) is 105 Å². The van der Waals surface area contributed by atoms with E-state index in [2.05, 4.69) is 46.8 Å². The molecule has 0 amide bonds. The highest BCUT2D eigenvalue weighted by Crippen LogP contribution is 2.68. The van der Waals surface area contributed by atoms with Gasteiger partial charge in [-0.1, -0.05) is 57.9 Å². The summed E-state index contributed by atoms with van der Waals surface area (Å²) in [5.41, 5.74) is 3.43. The minimum absolute atomic E-state index is 0.0638. The first-order valence-electron chi connectivity index (χ1n) is 13.2. The largest absolute Gasteiger partial charge is 0.392 e. The summed E-state index contributed by atoms with van der Waals surface area (Å²) >= 11 is 0. The molecule has 0 aromatic rings. The van der Waals surface area contributed by atoms with Crippen molar-refractivity contribution in [1.29, 1.82) is 0 Å². The van der Waals surface area contributed by atoms with E-state index < -0.39 is 0 Å². The number of aliphatic hydroxyl groups excluding tert-OH is 2. The van der Waals surface area contributed by atoms with E-state index in [4.69, 9.17) is 0 Å². The van der Waals surface area contributed by atoms with Crippen LogP contribution in [0.1, 0.15) is 99.3 Å². The Hall–Kier alpha value is -0.600. The fourth-order valence-electron chi connectivity index (χ4n) is 9.22. The molecule has 31 heavy (non-hydrogen) atoms. The van der Waals surface area contributed by atoms with Gasteiger partial charge < -0.3 is 10.2 Å². The Labute approximate surface area is 191 Å². The third-order valence-electron chi connectivity index (χ3n) is 11.1. The topological polar surface area (TPSA) is 40.5 Å². The minimum Gasteiger partial charge on any atom is -0.392 e. The van der Waals surface area contributed by atoms with E-state index in [9.17, 15) is 10.2 Å². The molecule has 8 atom stereocenters. The summed E-state index contributed by atoms with van der Waals surface area (Å²) in [5, 5.41) is 20.0. The molecule has 0 spiro atoms. The van der Waals surface area contributed by atoms with Gasteiger partial charge in [0.2, 0.25) is 0 Å². The highest BCUT2D eigenvalue weighted by molar-refractivity contribution is 5.31. The summed E-state index contributed by atoms with van der Waals surface area (Å²) in [4.78, 5) is 0. The molecular weight excluding hydrogens is 380 g/mol. The lowest BCUT2D eigenvalue weighted by molar-refractivity contribution is -0.0781. The van der Waals surface area contributed by atoms with E-state index in [0.717, 1.165) is 48.0 Å². The molecule has 0 heterocycles. The Bertz CT molecular complexity index is 733. The Morgan fingerprint density at radius 1 is 1.10 bits per heavy atom. The number of allylic oxidation sites excluding steroid dienone is 2. The van der Waals surface area contributed by atoms with Crippen LogP contribution in [-0.4, -0.2) is 22.9 Å². The Balaban J connectivity index is 1.53. The molecule has 4 rings (SSSR count). The van der Waals surface area contributed by atoms with Gasteiger partial charge in [0, 0.05) is 5.41 Å². The quantitative estimate of drug-likeness (QED) is 0.467. The van der Waals surface area contributed by atoms with E-state index in [1.807, 2.05) is 6.92 Å². The predicted octanol–water partition coefficient (Wildman–Crippen LogP) is 6.92. The van der Waals surface area contributed by atoms with Crippen molar-refractivity contribution in [2.24, 2.45) is 45.8 Å². The van der Waals surface area contributed by atoms with E-state index >= 15 is 0 Å². The van der Waals surface area contributed by atoms with Gasteiger partial charge in [-0.2, -0.15) is 0 Å². The van der Waals surface area contributed by atoms with E-state index in [1.165, 1.54) is 44.9 Å². The minimum atomic E-state index is -0.183. The van der Waals surface area contributed by atoms with Crippen LogP contribution >= 0.6 is 0 Å². The van der Waals surface area contributed by atoms with Crippen molar-refractivity contribution in [3.8, 4) is 0 Å². The predicted molar refractivity (Wildman–Crippen MR) is 130 cm³/mol. The van der Waals surface area contributed by atoms with Gasteiger partial charge in [0.05, 0.1) is 12.7 Å². The smallest absolute Gasteiger partial charge is 0.0639 e. The van der Waals surface area contributed by atoms with Crippen molar-refractivity contribution >= 4 is 0 Å². The number of hydrogen-bond donors (Lipinski definition) is 2. The lowest BCUT2D eigenvalue weighted by Gasteiger charge is -2.61. The highest BCUT2D eigenvalue weighted by Gasteiger charge is 2.61. The van der Waals surface area contributed by atoms with Crippen LogP contribution in [0.5, 0.6) is 0 Å². The van der Waals surface area contributed by atoms with Crippen LogP contribution in [0.25, 0.3) is 0 Å². The van der Waals surface area contributed by atoms with Gasteiger partial charge in [0.15, 0.2) is 0 Å². The number of hydrogen-bond acceptors (Lipinski definition) is 2. The second kappa shape index (κ2) is 8.32. The first kappa shape index (κ1) is 23.6. The summed E-state index contributed by atoms with van der Waals surface area (Å²) < 4.78 is 0. The van der Waals surface area contributed by atoms with Gasteiger partial charge in [-0.3, -0.25) is 0 Å². The van der Waals surface area contributed by atoms with Crippen LogP contribution in [0.3, 0.4) is 0 Å². The van der Waals surface area contributed by atoms with Gasteiger partial charge in [-0.05, 0) is 105 Å². The Morgan fingerprint density at radius 2 is 1.84 bits per heavy atom. The summed E-state index contributed by atoms with van der Waals surface area (Å²) in [5.74, 6) is 4.14. The van der Waals surface area contributed by atoms with Crippen LogP contribution < -0.4 is 0 Å². The van der Waals surface area contributed by atoms with E-state index in [0.29, 0.717) is 10.8 Å². The number of aliphatic hydroxyl groups is 2. The van der Waals surface area contributed by atoms with Gasteiger partial charge in [-0.15, -0.1) is 0 Å². The van der Waals surface area contributed by atoms with Gasteiger partial charge in [0.25, 0.3) is 0 Å². The average molecular weight is 429 g/mol. The van der Waals surface area contributed by atoms with Crippen molar-refractivity contribution < 1.29 is 10.2 Å². The standard InChI is InChI=1S/C29H48O2/c1-19(18-30)8-7-9-20(2)22-11-12-23-21-10-13-25-27(3,4)26(31)15-17-29(25,6)24(21)14-16-28(22,23)5/h8,13,20-24,26,30-31H,7,9-12,14-18H2,1-6H3/t20-,21+,22-,23+,24+,26-,28-,29-/m1/s1. The van der Waals surface area contributed by atoms with Crippen molar-refractivity contribution in [3.63, 3.8) is 0 Å². The molecule has 0 aromatic carbocycles. The summed E-state index contributed by atoms with van der Waals surface area (Å²) in [6, 6.07) is 0. The maximum absolute atomic E-state index is 10.7. The van der Waals surface area contributed by atoms with Crippen LogP contribution in [0.4, 0.5) is 0 Å². The molecular formula is C29H48O2. The van der Waals surface area contributed by atoms with Crippen LogP contribution in [-0.2, 0) is 0 Å². The maximum atomic E-state index is 10.7. The summed E-state index contributed by atoms with van der Waals surface area (Å²) in [6.07, 6.45) is 16.0. The van der Waals surface area contributed by atoms with Gasteiger partial charge in [0.1, 0.15) is 0 Å². The van der Waals surface area contributed by atoms with Gasteiger partial charge >= 0.3 is 0 Å². The normalized spacial score (nSPS) is 45.4. The summed E-state index contributed by atoms with van der Waals surface area (Å²) in [7, 11) is 0. The second-order valence-corrected chi connectivity index (χ2v) is 12.9. The zero-order valence-corrected chi connectivity index (χ0v) is 21.1. The SMILES string of the molecule is CC(=CCC[C@@H](C)[C@H]1CC[C@H]2[C@@H]3CC=C4C(C)(C)[C@H](O)CC[C@]4(C)[C@H]3CC[C@]12C)CO. The molecule has 2 N–H and O–H groups in total. The van der Waals surface area contributed by atoms with Crippen molar-refractivity contribution in [3.05, 3.63) is 23.3 Å². The molecule has 0 aromatic heterocycles. The molecule has 176 valence electrons. The van der Waals surface area contributed by atoms with E-state index in [1.54, 1.807) is 5.57 Å². The fourth-order valence-corrected chi connectivity index (χ4v) is 9.22. The van der Waals surface area contributed by atoms with Crippen molar-refractivity contribution in [2.75, 3.05) is 6.61 Å². The number of fused-ring (bicyclic) bond motifs is 5. The Morgan fingerprint density at radius 3 is 2.55 bits per heavy atom. The van der Waals surface area contributed by atoms with Crippen LogP contribution in [0, 0.1) is 45.8 Å². The fraction of sp³-hybridized carbons (Fsp3) is 0.862.